The lowest BCUT2D eigenvalue weighted by Gasteiger charge is -2.24. The van der Waals surface area contributed by atoms with Crippen LogP contribution in [0.5, 0.6) is 0 Å². The standard InChI is InChI=1S/C16H18ClN3O3S/c17-12-16(18)19-14-8-4-5-9-15(14)24(22,23)20(10-11-21)13-6-2-1-3-7-13/h1-9,21H,10-12H2,(H2,18,19). The van der Waals surface area contributed by atoms with E-state index in [4.69, 9.17) is 17.3 Å². The lowest BCUT2D eigenvalue weighted by Crippen LogP contribution is -2.33. The third kappa shape index (κ3) is 4.05. The van der Waals surface area contributed by atoms with Crippen molar-refractivity contribution in [2.24, 2.45) is 10.7 Å². The number of alkyl halides is 1. The molecule has 6 nitrogen and oxygen atoms in total. The Balaban J connectivity index is 2.56. The van der Waals surface area contributed by atoms with Gasteiger partial charge >= 0.3 is 0 Å². The lowest BCUT2D eigenvalue weighted by molar-refractivity contribution is 0.306. The fraction of sp³-hybridized carbons (Fsp3) is 0.188. The van der Waals surface area contributed by atoms with Gasteiger partial charge in [-0.25, -0.2) is 13.4 Å². The van der Waals surface area contributed by atoms with E-state index in [9.17, 15) is 13.5 Å². The molecule has 0 aliphatic heterocycles. The van der Waals surface area contributed by atoms with Gasteiger partial charge in [0, 0.05) is 0 Å². The number of nitrogens with two attached hydrogens (primary N) is 1. The van der Waals surface area contributed by atoms with Gasteiger partial charge in [0.1, 0.15) is 10.7 Å². The minimum Gasteiger partial charge on any atom is -0.394 e. The van der Waals surface area contributed by atoms with Crippen molar-refractivity contribution in [3.8, 4) is 0 Å². The fourth-order valence-corrected chi connectivity index (χ4v) is 3.79. The van der Waals surface area contributed by atoms with Gasteiger partial charge in [-0.1, -0.05) is 30.3 Å². The predicted octanol–water partition coefficient (Wildman–Crippen LogP) is 2.10. The molecule has 3 N–H and O–H groups in total. The molecule has 2 aromatic carbocycles. The summed E-state index contributed by atoms with van der Waals surface area (Å²) in [7, 11) is -3.93. The Labute approximate surface area is 146 Å². The summed E-state index contributed by atoms with van der Waals surface area (Å²) >= 11 is 5.63. The maximum absolute atomic E-state index is 13.1. The molecular weight excluding hydrogens is 350 g/mol. The van der Waals surface area contributed by atoms with Gasteiger partial charge in [0.15, 0.2) is 0 Å². The zero-order chi connectivity index (χ0) is 17.6. The second kappa shape index (κ2) is 8.14. The van der Waals surface area contributed by atoms with Crippen molar-refractivity contribution >= 4 is 38.8 Å². The van der Waals surface area contributed by atoms with Gasteiger partial charge < -0.3 is 10.8 Å². The number of hydrogen-bond acceptors (Lipinski definition) is 4. The first-order chi connectivity index (χ1) is 11.5. The van der Waals surface area contributed by atoms with Gasteiger partial charge in [-0.05, 0) is 24.3 Å². The molecule has 0 fully saturated rings. The van der Waals surface area contributed by atoms with Crippen molar-refractivity contribution < 1.29 is 13.5 Å². The largest absolute Gasteiger partial charge is 0.394 e. The molecule has 0 spiro atoms. The minimum atomic E-state index is -3.93. The first kappa shape index (κ1) is 18.3. The SMILES string of the molecule is NC(CCl)=Nc1ccccc1S(=O)(=O)N(CCO)c1ccccc1. The number of halogens is 1. The molecule has 2 aromatic rings. The summed E-state index contributed by atoms with van der Waals surface area (Å²) in [6.07, 6.45) is 0. The first-order valence-corrected chi connectivity index (χ1v) is 9.15. The van der Waals surface area contributed by atoms with Crippen molar-refractivity contribution in [3.05, 3.63) is 54.6 Å². The van der Waals surface area contributed by atoms with E-state index in [1.807, 2.05) is 0 Å². The van der Waals surface area contributed by atoms with Gasteiger partial charge in [-0.15, -0.1) is 11.6 Å². The number of aliphatic hydroxyl groups is 1. The quantitative estimate of drug-likeness (QED) is 0.445. The number of para-hydroxylation sites is 2. The summed E-state index contributed by atoms with van der Waals surface area (Å²) < 4.78 is 27.3. The number of aliphatic imine (C=N–C) groups is 1. The summed E-state index contributed by atoms with van der Waals surface area (Å²) in [5, 5.41) is 9.29. The highest BCUT2D eigenvalue weighted by Crippen LogP contribution is 2.30. The van der Waals surface area contributed by atoms with Crippen molar-refractivity contribution in [1.29, 1.82) is 0 Å². The highest BCUT2D eigenvalue weighted by atomic mass is 35.5. The van der Waals surface area contributed by atoms with Crippen LogP contribution >= 0.6 is 11.6 Å². The third-order valence-electron chi connectivity index (χ3n) is 3.18. The van der Waals surface area contributed by atoms with E-state index in [0.29, 0.717) is 5.69 Å². The predicted molar refractivity (Wildman–Crippen MR) is 96.5 cm³/mol. The fourth-order valence-electron chi connectivity index (χ4n) is 2.14. The molecule has 0 aliphatic carbocycles. The second-order valence-corrected chi connectivity index (χ2v) is 6.94. The van der Waals surface area contributed by atoms with E-state index in [-0.39, 0.29) is 35.5 Å². The number of rotatable bonds is 7. The van der Waals surface area contributed by atoms with Crippen LogP contribution in [0.25, 0.3) is 0 Å². The topological polar surface area (TPSA) is 96.0 Å². The molecule has 0 atom stereocenters. The normalized spacial score (nSPS) is 12.2. The zero-order valence-electron chi connectivity index (χ0n) is 12.8. The third-order valence-corrected chi connectivity index (χ3v) is 5.33. The van der Waals surface area contributed by atoms with Crippen LogP contribution in [0.3, 0.4) is 0 Å². The maximum Gasteiger partial charge on any atom is 0.266 e. The van der Waals surface area contributed by atoms with Crippen LogP contribution in [0.1, 0.15) is 0 Å². The Kier molecular flexibility index (Phi) is 6.19. The van der Waals surface area contributed by atoms with E-state index in [1.54, 1.807) is 48.5 Å². The van der Waals surface area contributed by atoms with Crippen LogP contribution in [-0.2, 0) is 10.0 Å². The van der Waals surface area contributed by atoms with E-state index >= 15 is 0 Å². The molecule has 0 aliphatic rings. The summed E-state index contributed by atoms with van der Waals surface area (Å²) in [6, 6.07) is 14.8. The molecule has 0 aromatic heterocycles. The lowest BCUT2D eigenvalue weighted by atomic mass is 10.3. The summed E-state index contributed by atoms with van der Waals surface area (Å²) in [4.78, 5) is 4.07. The Morgan fingerprint density at radius 3 is 2.38 bits per heavy atom. The Hall–Kier alpha value is -2.09. The number of hydrogen-bond donors (Lipinski definition) is 2. The molecule has 0 heterocycles. The minimum absolute atomic E-state index is 0.00429. The molecular formula is C16H18ClN3O3S. The number of aliphatic hydroxyl groups excluding tert-OH is 1. The summed E-state index contributed by atoms with van der Waals surface area (Å²) in [5.74, 6) is 0.112. The molecule has 0 bridgehead atoms. The van der Waals surface area contributed by atoms with Crippen molar-refractivity contribution in [2.75, 3.05) is 23.3 Å². The number of amidine groups is 1. The monoisotopic (exact) mass is 367 g/mol. The van der Waals surface area contributed by atoms with Crippen LogP contribution < -0.4 is 10.0 Å². The molecule has 128 valence electrons. The maximum atomic E-state index is 13.1. The number of benzene rings is 2. The molecule has 0 unspecified atom stereocenters. The highest BCUT2D eigenvalue weighted by Gasteiger charge is 2.27. The van der Waals surface area contributed by atoms with Crippen molar-refractivity contribution in [2.45, 2.75) is 4.90 Å². The Morgan fingerprint density at radius 2 is 1.75 bits per heavy atom. The van der Waals surface area contributed by atoms with Crippen molar-refractivity contribution in [1.82, 2.24) is 0 Å². The summed E-state index contributed by atoms with van der Waals surface area (Å²) in [6.45, 7) is -0.390. The average molecular weight is 368 g/mol. The van der Waals surface area contributed by atoms with Gasteiger partial charge in [0.25, 0.3) is 10.0 Å². The van der Waals surface area contributed by atoms with E-state index in [0.717, 1.165) is 4.31 Å². The van der Waals surface area contributed by atoms with Crippen LogP contribution in [-0.4, -0.2) is 38.4 Å². The molecule has 0 saturated carbocycles. The Morgan fingerprint density at radius 1 is 1.12 bits per heavy atom. The molecule has 0 amide bonds. The molecule has 24 heavy (non-hydrogen) atoms. The van der Waals surface area contributed by atoms with Gasteiger partial charge in [0.2, 0.25) is 0 Å². The molecule has 0 radical (unpaired) electrons. The van der Waals surface area contributed by atoms with Crippen LogP contribution in [0, 0.1) is 0 Å². The van der Waals surface area contributed by atoms with Crippen LogP contribution in [0.15, 0.2) is 64.5 Å². The zero-order valence-corrected chi connectivity index (χ0v) is 14.4. The molecule has 8 heteroatoms. The smallest absolute Gasteiger partial charge is 0.266 e. The number of anilines is 1. The first-order valence-electron chi connectivity index (χ1n) is 7.17. The van der Waals surface area contributed by atoms with Crippen LogP contribution in [0.4, 0.5) is 11.4 Å². The van der Waals surface area contributed by atoms with Crippen LogP contribution in [0.2, 0.25) is 0 Å². The number of sulfonamides is 1. The molecule has 0 saturated heterocycles. The van der Waals surface area contributed by atoms with E-state index < -0.39 is 10.0 Å². The number of nitrogens with zero attached hydrogens (tertiary/aromatic N) is 2. The second-order valence-electron chi connectivity index (χ2n) is 4.84. The van der Waals surface area contributed by atoms with Gasteiger partial charge in [-0.2, -0.15) is 0 Å². The average Bonchev–Trinajstić information content (AvgIpc) is 2.60. The van der Waals surface area contributed by atoms with Gasteiger partial charge in [0.05, 0.1) is 30.4 Å². The summed E-state index contributed by atoms with van der Waals surface area (Å²) in [5.41, 5.74) is 6.29. The van der Waals surface area contributed by atoms with E-state index in [1.165, 1.54) is 6.07 Å². The van der Waals surface area contributed by atoms with E-state index in [2.05, 4.69) is 4.99 Å². The Bertz CT molecular complexity index is 810. The molecule has 2 rings (SSSR count). The highest BCUT2D eigenvalue weighted by molar-refractivity contribution is 7.93. The van der Waals surface area contributed by atoms with Crippen molar-refractivity contribution in [3.63, 3.8) is 0 Å². The van der Waals surface area contributed by atoms with Gasteiger partial charge in [-0.3, -0.25) is 4.31 Å².